The van der Waals surface area contributed by atoms with Gasteiger partial charge in [-0.2, -0.15) is 13.2 Å². The first-order valence-electron chi connectivity index (χ1n) is 5.65. The topological polar surface area (TPSA) is 35.2 Å². The number of hydrogen-bond donors (Lipinski definition) is 1. The number of thiophene rings is 1. The highest BCUT2D eigenvalue weighted by Gasteiger charge is 2.35. The minimum atomic E-state index is -4.54. The number of rotatable bonds is 4. The Labute approximate surface area is 136 Å². The molecular weight excluding hydrogens is 387 g/mol. The molecule has 1 heterocycles. The van der Waals surface area contributed by atoms with Gasteiger partial charge in [0, 0.05) is 10.4 Å². The Hall–Kier alpha value is -1.12. The molecule has 0 amide bonds. The number of nitrogens with two attached hydrogens (primary N) is 1. The van der Waals surface area contributed by atoms with Crippen LogP contribution in [-0.4, -0.2) is 4.99 Å². The van der Waals surface area contributed by atoms with Gasteiger partial charge in [-0.3, -0.25) is 0 Å². The summed E-state index contributed by atoms with van der Waals surface area (Å²) in [6.45, 7) is 0.0613. The zero-order valence-corrected chi connectivity index (χ0v) is 13.6. The molecule has 0 aliphatic heterocycles. The molecule has 21 heavy (non-hydrogen) atoms. The standard InChI is InChI=1S/C13H9BrF3NOS2/c14-11-4-2-8(21-11)6-19-10-3-1-7(12(18)20)5-9(10)13(15,16)17/h1-5H,6H2,(H2,18,20). The number of hydrogen-bond acceptors (Lipinski definition) is 3. The molecule has 1 aromatic carbocycles. The van der Waals surface area contributed by atoms with Crippen molar-refractivity contribution in [1.82, 2.24) is 0 Å². The van der Waals surface area contributed by atoms with Crippen LogP contribution in [0.1, 0.15) is 16.0 Å². The van der Waals surface area contributed by atoms with E-state index in [9.17, 15) is 13.2 Å². The molecule has 0 radical (unpaired) electrons. The Balaban J connectivity index is 2.27. The first-order valence-corrected chi connectivity index (χ1v) is 7.67. The molecule has 0 aliphatic carbocycles. The van der Waals surface area contributed by atoms with Gasteiger partial charge in [0.25, 0.3) is 0 Å². The monoisotopic (exact) mass is 395 g/mol. The van der Waals surface area contributed by atoms with Crippen LogP contribution >= 0.6 is 39.5 Å². The highest BCUT2D eigenvalue weighted by atomic mass is 79.9. The molecular formula is C13H9BrF3NOS2. The van der Waals surface area contributed by atoms with Crippen LogP contribution in [0, 0.1) is 0 Å². The molecule has 0 atom stereocenters. The minimum absolute atomic E-state index is 0.0613. The number of alkyl halides is 3. The third-order valence-corrected chi connectivity index (χ3v) is 4.40. The smallest absolute Gasteiger partial charge is 0.419 e. The van der Waals surface area contributed by atoms with Crippen LogP contribution in [0.15, 0.2) is 34.1 Å². The van der Waals surface area contributed by atoms with Gasteiger partial charge in [-0.25, -0.2) is 0 Å². The average molecular weight is 396 g/mol. The summed E-state index contributed by atoms with van der Waals surface area (Å²) in [5.41, 5.74) is 4.63. The van der Waals surface area contributed by atoms with E-state index < -0.39 is 11.7 Å². The summed E-state index contributed by atoms with van der Waals surface area (Å²) in [5, 5.41) is 0. The molecule has 0 spiro atoms. The van der Waals surface area contributed by atoms with Crippen LogP contribution < -0.4 is 10.5 Å². The van der Waals surface area contributed by atoms with Crippen LogP contribution in [0.25, 0.3) is 0 Å². The summed E-state index contributed by atoms with van der Waals surface area (Å²) in [7, 11) is 0. The Bertz CT molecular complexity index is 670. The van der Waals surface area contributed by atoms with Crippen LogP contribution in [0.3, 0.4) is 0 Å². The lowest BCUT2D eigenvalue weighted by Crippen LogP contribution is -2.14. The second-order valence-electron chi connectivity index (χ2n) is 4.07. The van der Waals surface area contributed by atoms with Crippen molar-refractivity contribution in [2.24, 2.45) is 5.73 Å². The molecule has 0 aliphatic rings. The maximum absolute atomic E-state index is 13.1. The fourth-order valence-corrected chi connectivity index (χ4v) is 3.13. The lowest BCUT2D eigenvalue weighted by atomic mass is 10.1. The summed E-state index contributed by atoms with van der Waals surface area (Å²) in [4.78, 5) is 0.725. The van der Waals surface area contributed by atoms with Crippen molar-refractivity contribution in [3.05, 3.63) is 50.1 Å². The predicted molar refractivity (Wildman–Crippen MR) is 83.7 cm³/mol. The lowest BCUT2D eigenvalue weighted by molar-refractivity contribution is -0.139. The first-order chi connectivity index (χ1) is 9.77. The van der Waals surface area contributed by atoms with Crippen molar-refractivity contribution in [3.63, 3.8) is 0 Å². The normalized spacial score (nSPS) is 11.4. The van der Waals surface area contributed by atoms with Crippen molar-refractivity contribution in [3.8, 4) is 5.75 Å². The third-order valence-electron chi connectivity index (χ3n) is 2.57. The van der Waals surface area contributed by atoms with Crippen molar-refractivity contribution < 1.29 is 17.9 Å². The van der Waals surface area contributed by atoms with Gasteiger partial charge < -0.3 is 10.5 Å². The highest BCUT2D eigenvalue weighted by Crippen LogP contribution is 2.37. The molecule has 2 N–H and O–H groups in total. The SMILES string of the molecule is NC(=S)c1ccc(OCc2ccc(Br)s2)c(C(F)(F)F)c1. The van der Waals surface area contributed by atoms with Crippen LogP contribution in [-0.2, 0) is 12.8 Å². The molecule has 2 aromatic rings. The van der Waals surface area contributed by atoms with E-state index in [2.05, 4.69) is 15.9 Å². The zero-order chi connectivity index (χ0) is 15.6. The predicted octanol–water partition coefficient (Wildman–Crippen LogP) is 4.74. The molecule has 1 aromatic heterocycles. The Morgan fingerprint density at radius 1 is 1.29 bits per heavy atom. The molecule has 8 heteroatoms. The van der Waals surface area contributed by atoms with Gasteiger partial charge in [-0.1, -0.05) is 12.2 Å². The second kappa shape index (κ2) is 6.33. The van der Waals surface area contributed by atoms with Gasteiger partial charge in [-0.15, -0.1) is 11.3 Å². The van der Waals surface area contributed by atoms with Gasteiger partial charge >= 0.3 is 6.18 Å². The van der Waals surface area contributed by atoms with Crippen molar-refractivity contribution in [1.29, 1.82) is 0 Å². The third kappa shape index (κ3) is 4.18. The van der Waals surface area contributed by atoms with E-state index in [1.165, 1.54) is 23.5 Å². The van der Waals surface area contributed by atoms with Gasteiger partial charge in [0.1, 0.15) is 17.3 Å². The van der Waals surface area contributed by atoms with Crippen molar-refractivity contribution in [2.45, 2.75) is 12.8 Å². The summed E-state index contributed by atoms with van der Waals surface area (Å²) < 4.78 is 45.3. The van der Waals surface area contributed by atoms with Crippen LogP contribution in [0.4, 0.5) is 13.2 Å². The minimum Gasteiger partial charge on any atom is -0.487 e. The number of benzene rings is 1. The second-order valence-corrected chi connectivity index (χ2v) is 7.05. The Morgan fingerprint density at radius 2 is 2.00 bits per heavy atom. The molecule has 0 bridgehead atoms. The van der Waals surface area contributed by atoms with E-state index in [4.69, 9.17) is 22.7 Å². The van der Waals surface area contributed by atoms with Crippen molar-refractivity contribution >= 4 is 44.5 Å². The van der Waals surface area contributed by atoms with E-state index in [-0.39, 0.29) is 22.9 Å². The lowest BCUT2D eigenvalue weighted by Gasteiger charge is -2.14. The largest absolute Gasteiger partial charge is 0.487 e. The molecule has 112 valence electrons. The van der Waals surface area contributed by atoms with E-state index >= 15 is 0 Å². The molecule has 2 rings (SSSR count). The van der Waals surface area contributed by atoms with Crippen LogP contribution in [0.2, 0.25) is 0 Å². The fourth-order valence-electron chi connectivity index (χ4n) is 1.61. The van der Waals surface area contributed by atoms with E-state index in [0.717, 1.165) is 14.7 Å². The summed E-state index contributed by atoms with van der Waals surface area (Å²) in [6.07, 6.45) is -4.54. The van der Waals surface area contributed by atoms with Gasteiger partial charge in [0.2, 0.25) is 0 Å². The maximum Gasteiger partial charge on any atom is 0.419 e. The number of halogens is 4. The maximum atomic E-state index is 13.1. The van der Waals surface area contributed by atoms with Crippen LogP contribution in [0.5, 0.6) is 5.75 Å². The summed E-state index contributed by atoms with van der Waals surface area (Å²) in [6, 6.07) is 7.15. The molecule has 0 saturated carbocycles. The Kier molecular flexibility index (Phi) is 4.90. The van der Waals surface area contributed by atoms with E-state index in [0.29, 0.717) is 0 Å². The molecule has 0 saturated heterocycles. The zero-order valence-electron chi connectivity index (χ0n) is 10.4. The quantitative estimate of drug-likeness (QED) is 0.759. The number of thiocarbonyl (C=S) groups is 1. The molecule has 2 nitrogen and oxygen atoms in total. The average Bonchev–Trinajstić information content (AvgIpc) is 2.81. The summed E-state index contributed by atoms with van der Waals surface area (Å²) in [5.74, 6) is -0.243. The van der Waals surface area contributed by atoms with E-state index in [1.54, 1.807) is 6.07 Å². The van der Waals surface area contributed by atoms with Gasteiger partial charge in [0.05, 0.1) is 9.35 Å². The van der Waals surface area contributed by atoms with Gasteiger partial charge in [0.15, 0.2) is 0 Å². The number of ether oxygens (including phenoxy) is 1. The molecule has 0 unspecified atom stereocenters. The Morgan fingerprint density at radius 3 is 2.52 bits per heavy atom. The summed E-state index contributed by atoms with van der Waals surface area (Å²) >= 11 is 9.38. The molecule has 0 fully saturated rings. The van der Waals surface area contributed by atoms with E-state index in [1.807, 2.05) is 6.07 Å². The fraction of sp³-hybridized carbons (Fsp3) is 0.154. The van der Waals surface area contributed by atoms with Crippen molar-refractivity contribution in [2.75, 3.05) is 0 Å². The van der Waals surface area contributed by atoms with Gasteiger partial charge in [-0.05, 0) is 46.3 Å². The first kappa shape index (κ1) is 16.3. The highest BCUT2D eigenvalue weighted by molar-refractivity contribution is 9.11.